The molecule has 0 aliphatic heterocycles. The first kappa shape index (κ1) is 22.2. The molecule has 0 saturated carbocycles. The van der Waals surface area contributed by atoms with Crippen LogP contribution < -0.4 is 10.9 Å². The lowest BCUT2D eigenvalue weighted by atomic mass is 10.1. The Morgan fingerprint density at radius 2 is 1.88 bits per heavy atom. The number of carbonyl (C=O) groups is 1. The molecule has 0 radical (unpaired) electrons. The van der Waals surface area contributed by atoms with Gasteiger partial charge in [0.15, 0.2) is 11.2 Å². The van der Waals surface area contributed by atoms with Gasteiger partial charge in [-0.15, -0.1) is 5.10 Å². The van der Waals surface area contributed by atoms with Crippen molar-refractivity contribution in [2.45, 2.75) is 33.1 Å². The van der Waals surface area contributed by atoms with Gasteiger partial charge in [0.25, 0.3) is 5.56 Å². The van der Waals surface area contributed by atoms with Crippen LogP contribution in [0.15, 0.2) is 53.6 Å². The number of halogens is 3. The van der Waals surface area contributed by atoms with Crippen molar-refractivity contribution in [2.75, 3.05) is 5.32 Å². The minimum absolute atomic E-state index is 0.0516. The Morgan fingerprint density at radius 3 is 2.64 bits per heavy atom. The van der Waals surface area contributed by atoms with E-state index in [9.17, 15) is 22.8 Å². The van der Waals surface area contributed by atoms with Gasteiger partial charge in [0.2, 0.25) is 5.91 Å². The fourth-order valence-electron chi connectivity index (χ4n) is 3.36. The van der Waals surface area contributed by atoms with Gasteiger partial charge < -0.3 is 5.32 Å². The zero-order chi connectivity index (χ0) is 23.8. The fraction of sp³-hybridized carbons (Fsp3) is 0.227. The summed E-state index contributed by atoms with van der Waals surface area (Å²) in [6.07, 6.45) is -3.27. The zero-order valence-electron chi connectivity index (χ0n) is 17.7. The molecule has 2 aromatic heterocycles. The van der Waals surface area contributed by atoms with Crippen LogP contribution >= 0.6 is 0 Å². The molecule has 2 aromatic carbocycles. The van der Waals surface area contributed by atoms with Crippen LogP contribution in [0.25, 0.3) is 11.2 Å². The van der Waals surface area contributed by atoms with Crippen molar-refractivity contribution in [1.82, 2.24) is 24.5 Å². The van der Waals surface area contributed by atoms with Gasteiger partial charge in [-0.2, -0.15) is 13.2 Å². The molecule has 8 nitrogen and oxygen atoms in total. The lowest BCUT2D eigenvalue weighted by Gasteiger charge is -2.11. The van der Waals surface area contributed by atoms with Crippen LogP contribution in [-0.4, -0.2) is 30.5 Å². The number of anilines is 1. The Labute approximate surface area is 185 Å². The predicted molar refractivity (Wildman–Crippen MR) is 115 cm³/mol. The molecule has 1 amide bonds. The summed E-state index contributed by atoms with van der Waals surface area (Å²) in [5, 5.41) is 10.5. The Morgan fingerprint density at radius 1 is 1.12 bits per heavy atom. The van der Waals surface area contributed by atoms with Crippen LogP contribution in [0.5, 0.6) is 0 Å². The summed E-state index contributed by atoms with van der Waals surface area (Å²) in [7, 11) is 0. The molecule has 0 spiro atoms. The molecular weight excluding hydrogens is 437 g/mol. The van der Waals surface area contributed by atoms with Gasteiger partial charge in [0.1, 0.15) is 12.9 Å². The van der Waals surface area contributed by atoms with Crippen LogP contribution in [0.3, 0.4) is 0 Å². The molecular formula is C22H19F3N6O2. The lowest BCUT2D eigenvalue weighted by Crippen LogP contribution is -2.28. The van der Waals surface area contributed by atoms with Gasteiger partial charge in [-0.1, -0.05) is 29.5 Å². The third kappa shape index (κ3) is 4.61. The van der Waals surface area contributed by atoms with Gasteiger partial charge >= 0.3 is 6.18 Å². The highest BCUT2D eigenvalue weighted by Gasteiger charge is 2.30. The number of alkyl halides is 3. The van der Waals surface area contributed by atoms with Crippen LogP contribution in [0.4, 0.5) is 18.9 Å². The fourth-order valence-corrected chi connectivity index (χ4v) is 3.36. The number of amides is 1. The standard InChI is InChI=1S/C22H19F3N6O2/c1-13-5-3-8-17(14(13)2)27-18(32)11-30-12-26-20-19(21(30)33)28-29-31(20)10-15-6-4-7-16(9-15)22(23,24)25/h3-9,12H,10-11H2,1-2H3,(H,27,32). The Balaban J connectivity index is 1.55. The van der Waals surface area contributed by atoms with E-state index in [4.69, 9.17) is 0 Å². The molecule has 0 unspecified atom stereocenters. The maximum atomic E-state index is 13.0. The van der Waals surface area contributed by atoms with Gasteiger partial charge in [-0.25, -0.2) is 9.67 Å². The topological polar surface area (TPSA) is 94.7 Å². The lowest BCUT2D eigenvalue weighted by molar-refractivity contribution is -0.137. The molecule has 2 heterocycles. The van der Waals surface area contributed by atoms with E-state index in [0.717, 1.165) is 27.8 Å². The Hall–Kier alpha value is -4.02. The molecule has 0 fully saturated rings. The Kier molecular flexibility index (Phi) is 5.71. The number of hydrogen-bond donors (Lipinski definition) is 1. The molecule has 0 aliphatic carbocycles. The summed E-state index contributed by atoms with van der Waals surface area (Å²) in [6, 6.07) is 10.3. The second-order valence-corrected chi connectivity index (χ2v) is 7.59. The molecule has 4 aromatic rings. The first-order valence-corrected chi connectivity index (χ1v) is 9.94. The highest BCUT2D eigenvalue weighted by Crippen LogP contribution is 2.29. The van der Waals surface area contributed by atoms with E-state index in [1.165, 1.54) is 23.1 Å². The number of aromatic nitrogens is 5. The van der Waals surface area contributed by atoms with Crippen LogP contribution in [0.1, 0.15) is 22.3 Å². The monoisotopic (exact) mass is 456 g/mol. The summed E-state index contributed by atoms with van der Waals surface area (Å²) < 4.78 is 41.2. The molecule has 4 rings (SSSR count). The number of hydrogen-bond acceptors (Lipinski definition) is 5. The van der Waals surface area contributed by atoms with Crippen molar-refractivity contribution in [1.29, 1.82) is 0 Å². The van der Waals surface area contributed by atoms with E-state index >= 15 is 0 Å². The molecule has 0 saturated heterocycles. The minimum atomic E-state index is -4.47. The molecule has 0 bridgehead atoms. The van der Waals surface area contributed by atoms with Crippen molar-refractivity contribution in [3.8, 4) is 0 Å². The highest BCUT2D eigenvalue weighted by molar-refractivity contribution is 5.91. The highest BCUT2D eigenvalue weighted by atomic mass is 19.4. The average molecular weight is 456 g/mol. The van der Waals surface area contributed by atoms with E-state index < -0.39 is 23.2 Å². The smallest absolute Gasteiger partial charge is 0.324 e. The van der Waals surface area contributed by atoms with Gasteiger partial charge in [0, 0.05) is 5.69 Å². The maximum Gasteiger partial charge on any atom is 0.416 e. The largest absolute Gasteiger partial charge is 0.416 e. The summed E-state index contributed by atoms with van der Waals surface area (Å²) in [5.41, 5.74) is 1.59. The third-order valence-electron chi connectivity index (χ3n) is 5.27. The number of fused-ring (bicyclic) bond motifs is 1. The van der Waals surface area contributed by atoms with E-state index in [0.29, 0.717) is 11.3 Å². The predicted octanol–water partition coefficient (Wildman–Crippen LogP) is 3.31. The third-order valence-corrected chi connectivity index (χ3v) is 5.27. The minimum Gasteiger partial charge on any atom is -0.324 e. The second kappa shape index (κ2) is 8.49. The molecule has 33 heavy (non-hydrogen) atoms. The van der Waals surface area contributed by atoms with Crippen LogP contribution in [0.2, 0.25) is 0 Å². The SMILES string of the molecule is Cc1cccc(NC(=O)Cn2cnc3c(nnn3Cc3cccc(C(F)(F)F)c3)c2=O)c1C. The maximum absolute atomic E-state index is 13.0. The molecule has 170 valence electrons. The van der Waals surface area contributed by atoms with E-state index in [1.807, 2.05) is 26.0 Å². The van der Waals surface area contributed by atoms with Crippen molar-refractivity contribution >= 4 is 22.8 Å². The molecule has 0 atom stereocenters. The molecule has 11 heteroatoms. The van der Waals surface area contributed by atoms with Crippen molar-refractivity contribution in [2.24, 2.45) is 0 Å². The second-order valence-electron chi connectivity index (χ2n) is 7.59. The first-order chi connectivity index (χ1) is 15.6. The van der Waals surface area contributed by atoms with E-state index in [-0.39, 0.29) is 24.3 Å². The number of aryl methyl sites for hydroxylation is 1. The van der Waals surface area contributed by atoms with Gasteiger partial charge in [0.05, 0.1) is 12.1 Å². The van der Waals surface area contributed by atoms with Gasteiger partial charge in [-0.3, -0.25) is 14.2 Å². The van der Waals surface area contributed by atoms with Crippen molar-refractivity contribution in [3.05, 3.63) is 81.4 Å². The number of nitrogens with one attached hydrogen (secondary N) is 1. The quantitative estimate of drug-likeness (QED) is 0.497. The number of benzene rings is 2. The summed E-state index contributed by atoms with van der Waals surface area (Å²) in [4.78, 5) is 29.4. The van der Waals surface area contributed by atoms with Crippen LogP contribution in [0, 0.1) is 13.8 Å². The summed E-state index contributed by atoms with van der Waals surface area (Å²) >= 11 is 0. The normalized spacial score (nSPS) is 11.7. The Bertz CT molecular complexity index is 1410. The first-order valence-electron chi connectivity index (χ1n) is 9.94. The number of carbonyl (C=O) groups excluding carboxylic acids is 1. The van der Waals surface area contributed by atoms with E-state index in [2.05, 4.69) is 20.6 Å². The number of rotatable bonds is 5. The van der Waals surface area contributed by atoms with E-state index in [1.54, 1.807) is 6.07 Å². The summed E-state index contributed by atoms with van der Waals surface area (Å²) in [6.45, 7) is 3.48. The van der Waals surface area contributed by atoms with Crippen molar-refractivity contribution in [3.63, 3.8) is 0 Å². The number of nitrogens with zero attached hydrogens (tertiary/aromatic N) is 5. The molecule has 1 N–H and O–H groups in total. The van der Waals surface area contributed by atoms with Crippen LogP contribution in [-0.2, 0) is 24.1 Å². The zero-order valence-corrected chi connectivity index (χ0v) is 17.7. The van der Waals surface area contributed by atoms with Crippen molar-refractivity contribution < 1.29 is 18.0 Å². The molecule has 0 aliphatic rings. The van der Waals surface area contributed by atoms with Gasteiger partial charge in [-0.05, 0) is 48.7 Å². The average Bonchev–Trinajstić information content (AvgIpc) is 3.16. The summed E-state index contributed by atoms with van der Waals surface area (Å²) in [5.74, 6) is -0.414.